The molecule has 2 nitrogen and oxygen atoms in total. The molecule has 0 aromatic heterocycles. The Balaban J connectivity index is 2.57. The maximum Gasteiger partial charge on any atom is 0.0446 e. The van der Waals surface area contributed by atoms with Crippen LogP contribution in [0.2, 0.25) is 0 Å². The minimum atomic E-state index is 0.163. The molecular weight excluding hydrogens is 302 g/mol. The first-order chi connectivity index (χ1) is 8.82. The van der Waals surface area contributed by atoms with Gasteiger partial charge in [0.15, 0.2) is 0 Å². The Bertz CT molecular complexity index is 369. The fourth-order valence-electron chi connectivity index (χ4n) is 2.27. The van der Waals surface area contributed by atoms with Crippen molar-refractivity contribution in [2.24, 2.45) is 5.41 Å². The zero-order chi connectivity index (χ0) is 14.5. The summed E-state index contributed by atoms with van der Waals surface area (Å²) in [7, 11) is 0. The minimum Gasteiger partial charge on any atom is -0.396 e. The van der Waals surface area contributed by atoms with Crippen LogP contribution in [0.3, 0.4) is 0 Å². The normalized spacial score (nSPS) is 15.3. The third-order valence-electron chi connectivity index (χ3n) is 3.40. The van der Waals surface area contributed by atoms with Gasteiger partial charge in [-0.3, -0.25) is 0 Å². The highest BCUT2D eigenvalue weighted by Gasteiger charge is 2.25. The summed E-state index contributed by atoms with van der Waals surface area (Å²) in [6.07, 6.45) is 1.81. The average Bonchev–Trinajstić information content (AvgIpc) is 2.30. The van der Waals surface area contributed by atoms with Gasteiger partial charge in [0.25, 0.3) is 0 Å². The second-order valence-corrected chi connectivity index (χ2v) is 7.24. The molecule has 0 aliphatic rings. The molecule has 0 aliphatic carbocycles. The lowest BCUT2D eigenvalue weighted by atomic mass is 9.84. The Morgan fingerprint density at radius 3 is 2.26 bits per heavy atom. The summed E-state index contributed by atoms with van der Waals surface area (Å²) in [5, 5.41) is 12.8. The number of aliphatic hydroxyl groups excluding tert-OH is 1. The van der Waals surface area contributed by atoms with E-state index < -0.39 is 0 Å². The van der Waals surface area contributed by atoms with Gasteiger partial charge in [-0.25, -0.2) is 0 Å². The van der Waals surface area contributed by atoms with E-state index >= 15 is 0 Å². The summed E-state index contributed by atoms with van der Waals surface area (Å²) in [4.78, 5) is 0. The molecule has 19 heavy (non-hydrogen) atoms. The molecule has 2 N–H and O–H groups in total. The van der Waals surface area contributed by atoms with Crippen molar-refractivity contribution in [2.45, 2.75) is 52.6 Å². The zero-order valence-electron chi connectivity index (χ0n) is 12.4. The van der Waals surface area contributed by atoms with E-state index in [1.165, 1.54) is 5.56 Å². The van der Waals surface area contributed by atoms with Gasteiger partial charge in [-0.05, 0) is 42.9 Å². The van der Waals surface area contributed by atoms with E-state index in [2.05, 4.69) is 73.2 Å². The third kappa shape index (κ3) is 6.07. The lowest BCUT2D eigenvalue weighted by molar-refractivity contribution is 0.187. The van der Waals surface area contributed by atoms with Crippen LogP contribution in [0.25, 0.3) is 0 Å². The van der Waals surface area contributed by atoms with Crippen LogP contribution < -0.4 is 5.32 Å². The molecule has 2 unspecified atom stereocenters. The number of halogens is 1. The lowest BCUT2D eigenvalue weighted by Crippen LogP contribution is -2.46. The molecule has 3 heteroatoms. The van der Waals surface area contributed by atoms with E-state index in [4.69, 9.17) is 0 Å². The standard InChI is InChI=1S/C16H26BrNO/c1-12(11-13-5-7-14(17)8-6-13)18-15(9-10-19)16(2,3)4/h5-8,12,15,18-19H,9-11H2,1-4H3. The highest BCUT2D eigenvalue weighted by atomic mass is 79.9. The van der Waals surface area contributed by atoms with Crippen LogP contribution in [0.15, 0.2) is 28.7 Å². The molecule has 0 amide bonds. The predicted molar refractivity (Wildman–Crippen MR) is 85.4 cm³/mol. The van der Waals surface area contributed by atoms with Gasteiger partial charge < -0.3 is 10.4 Å². The van der Waals surface area contributed by atoms with E-state index in [0.29, 0.717) is 12.1 Å². The van der Waals surface area contributed by atoms with Gasteiger partial charge in [-0.15, -0.1) is 0 Å². The molecular formula is C16H26BrNO. The topological polar surface area (TPSA) is 32.3 Å². The van der Waals surface area contributed by atoms with Crippen LogP contribution in [-0.2, 0) is 6.42 Å². The van der Waals surface area contributed by atoms with Crippen molar-refractivity contribution in [1.29, 1.82) is 0 Å². The van der Waals surface area contributed by atoms with Gasteiger partial charge in [-0.1, -0.05) is 48.8 Å². The largest absolute Gasteiger partial charge is 0.396 e. The maximum atomic E-state index is 9.19. The van der Waals surface area contributed by atoms with Gasteiger partial charge in [-0.2, -0.15) is 0 Å². The molecule has 0 saturated heterocycles. The summed E-state index contributed by atoms with van der Waals surface area (Å²) in [5.41, 5.74) is 1.50. The summed E-state index contributed by atoms with van der Waals surface area (Å²) in [6.45, 7) is 9.09. The number of hydrogen-bond donors (Lipinski definition) is 2. The molecule has 0 fully saturated rings. The fourth-order valence-corrected chi connectivity index (χ4v) is 2.54. The molecule has 1 aromatic carbocycles. The Morgan fingerprint density at radius 1 is 1.21 bits per heavy atom. The molecule has 0 bridgehead atoms. The number of aliphatic hydroxyl groups is 1. The van der Waals surface area contributed by atoms with Crippen molar-refractivity contribution in [2.75, 3.05) is 6.61 Å². The number of hydrogen-bond acceptors (Lipinski definition) is 2. The highest BCUT2D eigenvalue weighted by Crippen LogP contribution is 2.22. The Labute approximate surface area is 125 Å². The number of nitrogens with one attached hydrogen (secondary N) is 1. The molecule has 1 rings (SSSR count). The Kier molecular flexibility index (Phi) is 6.51. The predicted octanol–water partition coefficient (Wildman–Crippen LogP) is 3.77. The van der Waals surface area contributed by atoms with E-state index in [1.807, 2.05) is 0 Å². The molecule has 0 aliphatic heterocycles. The summed E-state index contributed by atoms with van der Waals surface area (Å²) in [5.74, 6) is 0. The summed E-state index contributed by atoms with van der Waals surface area (Å²) in [6, 6.07) is 9.20. The number of rotatable bonds is 6. The van der Waals surface area contributed by atoms with Crippen LogP contribution in [0, 0.1) is 5.41 Å². The van der Waals surface area contributed by atoms with Crippen LogP contribution in [0.4, 0.5) is 0 Å². The van der Waals surface area contributed by atoms with Crippen LogP contribution in [0.1, 0.15) is 39.7 Å². The maximum absolute atomic E-state index is 9.19. The first-order valence-electron chi connectivity index (χ1n) is 6.94. The zero-order valence-corrected chi connectivity index (χ0v) is 14.0. The molecule has 0 heterocycles. The monoisotopic (exact) mass is 327 g/mol. The van der Waals surface area contributed by atoms with E-state index in [-0.39, 0.29) is 12.0 Å². The van der Waals surface area contributed by atoms with E-state index in [1.54, 1.807) is 0 Å². The Morgan fingerprint density at radius 2 is 1.79 bits per heavy atom. The lowest BCUT2D eigenvalue weighted by Gasteiger charge is -2.34. The first kappa shape index (κ1) is 16.7. The molecule has 108 valence electrons. The van der Waals surface area contributed by atoms with Gasteiger partial charge in [0.1, 0.15) is 0 Å². The van der Waals surface area contributed by atoms with E-state index in [0.717, 1.165) is 17.3 Å². The fraction of sp³-hybridized carbons (Fsp3) is 0.625. The number of benzene rings is 1. The highest BCUT2D eigenvalue weighted by molar-refractivity contribution is 9.10. The quantitative estimate of drug-likeness (QED) is 0.833. The molecule has 0 saturated carbocycles. The average molecular weight is 328 g/mol. The van der Waals surface area contributed by atoms with Crippen LogP contribution >= 0.6 is 15.9 Å². The van der Waals surface area contributed by atoms with Crippen molar-refractivity contribution in [3.05, 3.63) is 34.3 Å². The minimum absolute atomic E-state index is 0.163. The summed E-state index contributed by atoms with van der Waals surface area (Å²) >= 11 is 3.46. The summed E-state index contributed by atoms with van der Waals surface area (Å²) < 4.78 is 1.12. The van der Waals surface area contributed by atoms with Crippen molar-refractivity contribution < 1.29 is 5.11 Å². The van der Waals surface area contributed by atoms with Crippen molar-refractivity contribution in [3.63, 3.8) is 0 Å². The van der Waals surface area contributed by atoms with Gasteiger partial charge >= 0.3 is 0 Å². The van der Waals surface area contributed by atoms with Gasteiger partial charge in [0, 0.05) is 23.2 Å². The molecule has 0 spiro atoms. The third-order valence-corrected chi connectivity index (χ3v) is 3.93. The molecule has 0 radical (unpaired) electrons. The first-order valence-corrected chi connectivity index (χ1v) is 7.73. The Hall–Kier alpha value is -0.380. The van der Waals surface area contributed by atoms with Crippen LogP contribution in [0.5, 0.6) is 0 Å². The second-order valence-electron chi connectivity index (χ2n) is 6.33. The SMILES string of the molecule is CC(Cc1ccc(Br)cc1)NC(CCO)C(C)(C)C. The molecule has 1 aromatic rings. The van der Waals surface area contributed by atoms with Gasteiger partial charge in [0.05, 0.1) is 0 Å². The van der Waals surface area contributed by atoms with Gasteiger partial charge in [0.2, 0.25) is 0 Å². The van der Waals surface area contributed by atoms with Crippen LogP contribution in [-0.4, -0.2) is 23.8 Å². The van der Waals surface area contributed by atoms with Crippen molar-refractivity contribution in [3.8, 4) is 0 Å². The van der Waals surface area contributed by atoms with E-state index in [9.17, 15) is 5.11 Å². The second kappa shape index (κ2) is 7.41. The molecule has 2 atom stereocenters. The smallest absolute Gasteiger partial charge is 0.0446 e. The van der Waals surface area contributed by atoms with Crippen molar-refractivity contribution >= 4 is 15.9 Å². The van der Waals surface area contributed by atoms with Crippen molar-refractivity contribution in [1.82, 2.24) is 5.32 Å².